The van der Waals surface area contributed by atoms with Gasteiger partial charge in [-0.05, 0) is 208 Å². The summed E-state index contributed by atoms with van der Waals surface area (Å²) in [5.74, 6) is 0. The second-order valence-electron chi connectivity index (χ2n) is 39.8. The number of benzene rings is 15. The molecule has 0 saturated heterocycles. The Bertz CT molecular complexity index is 8600. The van der Waals surface area contributed by atoms with Gasteiger partial charge in [0.1, 0.15) is 0 Å². The van der Waals surface area contributed by atoms with Gasteiger partial charge in [0.25, 0.3) is 6.71 Å². The van der Waals surface area contributed by atoms with Crippen LogP contribution in [-0.2, 0) is 32.5 Å². The Morgan fingerprint density at radius 3 is 1.00 bits per heavy atom. The van der Waals surface area contributed by atoms with Crippen LogP contribution in [0.15, 0.2) is 300 Å². The van der Waals surface area contributed by atoms with E-state index in [-0.39, 0.29) is 87.4 Å². The van der Waals surface area contributed by atoms with Gasteiger partial charge in [0.15, 0.2) is 22.3 Å². The standard InChI is InChI=1S/C114H102BN5O2/c1-109(2,3)71-48-53-94-86(64-71)87-65-72(110(4,5)6)49-54-95(87)118(94)98-44-28-36-83-85-38-30-46-100(108(85)122-106(83)98)120-101-66-77(116-90-39-23-19-31-78(90)79-32-20-24-40-91(79)116)50-51-88(101)115-89-59-67(68-55-73(111(7,8)9)62-74(56-68)112(10,11)12)47-52-96(89)119(102-60-70(61-103(120)104(102)115)69-57-75(113(13,14)15)63-76(58-69)114(16,17)18)99-45-29-37-84-82-35-27-43-97(105(82)121-107(84)99)117-92-41-25-21-33-80(92)81-34-22-26-42-93(81)117/h19-66H,1-18H3/i19D,20D,21D,22D,23D,24D,25D,26D,31D,32D,33D,34D,39D,40D,41D,42D. The van der Waals surface area contributed by atoms with Gasteiger partial charge in [-0.2, -0.15) is 0 Å². The lowest BCUT2D eigenvalue weighted by Crippen LogP contribution is -2.61. The number of hydrogen-bond donors (Lipinski definition) is 0. The van der Waals surface area contributed by atoms with Gasteiger partial charge in [-0.3, -0.25) is 0 Å². The number of rotatable bonds is 7. The molecule has 122 heavy (non-hydrogen) atoms. The first kappa shape index (κ1) is 59.6. The molecule has 0 fully saturated rings. The van der Waals surface area contributed by atoms with E-state index >= 15 is 0 Å². The summed E-state index contributed by atoms with van der Waals surface area (Å²) < 4.78 is 173. The molecule has 2 aliphatic heterocycles. The lowest BCUT2D eigenvalue weighted by atomic mass is 9.33. The van der Waals surface area contributed by atoms with Gasteiger partial charge in [-0.1, -0.05) is 312 Å². The van der Waals surface area contributed by atoms with E-state index in [1.165, 1.54) is 15.7 Å². The van der Waals surface area contributed by atoms with Crippen molar-refractivity contribution in [2.45, 2.75) is 157 Å². The Morgan fingerprint density at radius 2 is 0.590 bits per heavy atom. The van der Waals surface area contributed by atoms with Crippen molar-refractivity contribution in [1.82, 2.24) is 13.7 Å². The predicted molar refractivity (Wildman–Crippen MR) is 521 cm³/mol. The molecule has 7 nitrogen and oxygen atoms in total. The summed E-state index contributed by atoms with van der Waals surface area (Å²) in [6.45, 7) is 39.5. The molecular formula is C114H102BN5O2. The van der Waals surface area contributed by atoms with Gasteiger partial charge in [0.2, 0.25) is 0 Å². The second kappa shape index (κ2) is 26.2. The maximum atomic E-state index is 10.0. The van der Waals surface area contributed by atoms with Crippen molar-refractivity contribution in [3.63, 3.8) is 0 Å². The van der Waals surface area contributed by atoms with Crippen molar-refractivity contribution < 1.29 is 30.8 Å². The zero-order chi connectivity index (χ0) is 98.0. The summed E-state index contributed by atoms with van der Waals surface area (Å²) in [4.78, 5) is 4.56. The fourth-order valence-electron chi connectivity index (χ4n) is 19.2. The van der Waals surface area contributed by atoms with Gasteiger partial charge in [0, 0.05) is 82.3 Å². The van der Waals surface area contributed by atoms with Crippen LogP contribution in [0.3, 0.4) is 0 Å². The first-order valence-electron chi connectivity index (χ1n) is 50.3. The minimum atomic E-state index is -0.715. The fourth-order valence-corrected chi connectivity index (χ4v) is 19.2. The number of fused-ring (bicyclic) bond motifs is 19. The van der Waals surface area contributed by atoms with E-state index in [1.54, 1.807) is 10.6 Å². The topological polar surface area (TPSA) is 47.6 Å². The number of anilines is 6. The average Bonchev–Trinajstić information content (AvgIpc) is 1.02. The molecule has 598 valence electrons. The number of nitrogens with zero attached hydrogens (tertiary/aromatic N) is 5. The molecule has 20 aromatic rings. The molecule has 0 atom stereocenters. The summed E-state index contributed by atoms with van der Waals surface area (Å²) >= 11 is 0. The smallest absolute Gasteiger partial charge is 0.252 e. The molecule has 5 aromatic heterocycles. The van der Waals surface area contributed by atoms with Crippen molar-refractivity contribution in [1.29, 1.82) is 0 Å². The molecule has 0 unspecified atom stereocenters. The van der Waals surface area contributed by atoms with E-state index in [4.69, 9.17) is 11.6 Å². The molecule has 0 aliphatic carbocycles. The van der Waals surface area contributed by atoms with Crippen molar-refractivity contribution in [2.75, 3.05) is 9.80 Å². The Hall–Kier alpha value is -13.0. The molecule has 2 aliphatic rings. The number of furan rings is 2. The lowest BCUT2D eigenvalue weighted by Gasteiger charge is -2.44. The van der Waals surface area contributed by atoms with E-state index in [1.807, 2.05) is 42.5 Å². The third-order valence-electron chi connectivity index (χ3n) is 25.8. The minimum absolute atomic E-state index is 0.0389. The number of aromatic nitrogens is 3. The molecule has 0 bridgehead atoms. The van der Waals surface area contributed by atoms with Crippen molar-refractivity contribution in [3.05, 3.63) is 324 Å². The Labute approximate surface area is 737 Å². The van der Waals surface area contributed by atoms with Crippen LogP contribution in [-0.4, -0.2) is 20.4 Å². The van der Waals surface area contributed by atoms with Crippen LogP contribution in [0.25, 0.3) is 149 Å². The maximum absolute atomic E-state index is 10.0. The molecule has 8 heteroatoms. The largest absolute Gasteiger partial charge is 0.452 e. The number of hydrogen-bond acceptors (Lipinski definition) is 4. The summed E-state index contributed by atoms with van der Waals surface area (Å²) in [6.07, 6.45) is 0. The Balaban J connectivity index is 0.907. The van der Waals surface area contributed by atoms with E-state index in [2.05, 4.69) is 285 Å². The van der Waals surface area contributed by atoms with Crippen molar-refractivity contribution in [2.24, 2.45) is 0 Å². The zero-order valence-electron chi connectivity index (χ0n) is 88.1. The molecule has 22 rings (SSSR count). The monoisotopic (exact) mass is 1600 g/mol. The molecule has 0 radical (unpaired) electrons. The van der Waals surface area contributed by atoms with Crippen LogP contribution in [0.1, 0.15) is 180 Å². The average molecular weight is 1600 g/mol. The third kappa shape index (κ3) is 11.5. The highest BCUT2D eigenvalue weighted by molar-refractivity contribution is 7.00. The Kier molecular flexibility index (Phi) is 12.8. The summed E-state index contributed by atoms with van der Waals surface area (Å²) in [6, 6.07) is 60.7. The van der Waals surface area contributed by atoms with Crippen LogP contribution in [0.4, 0.5) is 34.1 Å². The third-order valence-corrected chi connectivity index (χ3v) is 25.8. The first-order valence-corrected chi connectivity index (χ1v) is 42.3. The summed E-state index contributed by atoms with van der Waals surface area (Å²) in [7, 11) is 0. The quantitative estimate of drug-likeness (QED) is 0.149. The van der Waals surface area contributed by atoms with E-state index < -0.39 is 103 Å². The van der Waals surface area contributed by atoms with E-state index in [0.717, 1.165) is 111 Å². The summed E-state index contributed by atoms with van der Waals surface area (Å²) in [5.41, 5.74) is 20.3. The summed E-state index contributed by atoms with van der Waals surface area (Å²) in [5, 5.41) is 4.82. The fraction of sp³-hybridized carbons (Fsp3) is 0.211. The molecule has 0 amide bonds. The molecule has 7 heterocycles. The van der Waals surface area contributed by atoms with Gasteiger partial charge >= 0.3 is 0 Å². The van der Waals surface area contributed by atoms with Crippen LogP contribution in [0, 0.1) is 0 Å². The highest BCUT2D eigenvalue weighted by Gasteiger charge is 2.46. The molecular weight excluding hydrogens is 1480 g/mol. The molecule has 0 spiro atoms. The molecule has 15 aromatic carbocycles. The van der Waals surface area contributed by atoms with Crippen LogP contribution in [0.2, 0.25) is 0 Å². The normalized spacial score (nSPS) is 15.4. The highest BCUT2D eigenvalue weighted by atomic mass is 16.3. The van der Waals surface area contributed by atoms with E-state index in [0.29, 0.717) is 56.0 Å². The lowest BCUT2D eigenvalue weighted by molar-refractivity contribution is 0.568. The molecule has 0 saturated carbocycles. The second-order valence-corrected chi connectivity index (χ2v) is 39.8. The molecule has 0 N–H and O–H groups in total. The van der Waals surface area contributed by atoms with Crippen molar-refractivity contribution >= 4 is 167 Å². The van der Waals surface area contributed by atoms with Crippen LogP contribution in [0.5, 0.6) is 0 Å². The Morgan fingerprint density at radius 1 is 0.238 bits per heavy atom. The number of para-hydroxylation sites is 8. The van der Waals surface area contributed by atoms with Gasteiger partial charge in [-0.25, -0.2) is 0 Å². The van der Waals surface area contributed by atoms with Crippen LogP contribution < -0.4 is 26.2 Å². The zero-order valence-corrected chi connectivity index (χ0v) is 72.1. The minimum Gasteiger partial charge on any atom is -0.452 e. The van der Waals surface area contributed by atoms with Gasteiger partial charge < -0.3 is 32.3 Å². The maximum Gasteiger partial charge on any atom is 0.252 e. The highest BCUT2D eigenvalue weighted by Crippen LogP contribution is 2.54. The van der Waals surface area contributed by atoms with Gasteiger partial charge in [-0.15, -0.1) is 0 Å². The SMILES string of the molecule is [2H]c1c([2H])c([2H])c2c(c1[2H])c1c([2H])c([2H])c([2H])c([2H])c1n2-c1ccc2c(c1)N(c1cccc3c1oc1c(-n4c5ccc(C(C)(C)C)cc5c5cc(C(C)(C)C)ccc54)cccc13)c1cc(-c3cc(C(C)(C)C)cc(C(C)(C)C)c3)cc3c1B2c1cc(-c2cc(C(C)(C)C)cc(C(C)(C)C)c2)ccc1N3c1cccc2c1oc1c(-n3c4c([2H])c([2H])c([2H])c([2H])c4c4c([2H])c([2H])c([2H])c([2H])c43)cccc12. The van der Waals surface area contributed by atoms with Crippen molar-refractivity contribution in [3.8, 4) is 39.3 Å². The predicted octanol–water partition coefficient (Wildman–Crippen LogP) is 30.0. The van der Waals surface area contributed by atoms with E-state index in [9.17, 15) is 19.2 Å². The van der Waals surface area contributed by atoms with Gasteiger partial charge in [0.05, 0.1) is 77.8 Å². The first-order chi connectivity index (χ1) is 64.9. The van der Waals surface area contributed by atoms with Crippen LogP contribution >= 0.6 is 0 Å².